The van der Waals surface area contributed by atoms with Gasteiger partial charge in [-0.05, 0) is 12.1 Å². The summed E-state index contributed by atoms with van der Waals surface area (Å²) in [6.07, 6.45) is 0. The second kappa shape index (κ2) is 1.99. The Labute approximate surface area is 63.5 Å². The van der Waals surface area contributed by atoms with Gasteiger partial charge in [-0.25, -0.2) is 0 Å². The van der Waals surface area contributed by atoms with Gasteiger partial charge in [0.2, 0.25) is 0 Å². The highest BCUT2D eigenvalue weighted by Gasteiger charge is 2.13. The minimum Gasteiger partial charge on any atom is -0.149 e. The Balaban J connectivity index is 2.61. The molecular weight excluding hydrogens is 148 g/mol. The average molecular weight is 152 g/mol. The van der Waals surface area contributed by atoms with Crippen molar-refractivity contribution >= 4 is 22.5 Å². The van der Waals surface area contributed by atoms with E-state index in [1.807, 2.05) is 24.3 Å². The van der Waals surface area contributed by atoms with Crippen LogP contribution in [-0.4, -0.2) is 5.17 Å². The molecule has 1 aliphatic heterocycles. The second-order valence-electron chi connectivity index (χ2n) is 2.01. The molecule has 1 heterocycles. The first-order chi connectivity index (χ1) is 4.88. The van der Waals surface area contributed by atoms with E-state index < -0.39 is 0 Å². The lowest BCUT2D eigenvalue weighted by atomic mass is 10.2. The zero-order valence-electron chi connectivity index (χ0n) is 5.08. The molecule has 0 atom stereocenters. The number of halogens is 1. The third-order valence-corrected chi connectivity index (χ3v) is 1.65. The largest absolute Gasteiger partial charge is 0.161 e. The topological polar surface area (TPSA) is 26.5 Å². The van der Waals surface area contributed by atoms with Crippen molar-refractivity contribution in [3.63, 3.8) is 0 Å². The summed E-state index contributed by atoms with van der Waals surface area (Å²) in [4.78, 5) is 0. The molecule has 0 saturated heterocycles. The summed E-state index contributed by atoms with van der Waals surface area (Å²) in [6, 6.07) is 7.61. The number of hydrogen-bond donors (Lipinski definition) is 0. The summed E-state index contributed by atoms with van der Waals surface area (Å²) in [5.74, 6) is 0. The second-order valence-corrected chi connectivity index (χ2v) is 2.37. The van der Waals surface area contributed by atoms with E-state index in [0.29, 0.717) is 5.17 Å². The Kier molecular flexibility index (Phi) is 1.14. The third-order valence-electron chi connectivity index (χ3n) is 1.37. The van der Waals surface area contributed by atoms with Gasteiger partial charge in [0.15, 0.2) is 5.17 Å². The van der Waals surface area contributed by atoms with Gasteiger partial charge in [-0.15, -0.1) is 10.5 Å². The van der Waals surface area contributed by atoms with Crippen LogP contribution >= 0.6 is 11.6 Å². The molecule has 1 aromatic rings. The van der Waals surface area contributed by atoms with Crippen molar-refractivity contribution < 1.29 is 0 Å². The third kappa shape index (κ3) is 0.693. The van der Waals surface area contributed by atoms with Crippen molar-refractivity contribution in [2.24, 2.45) is 5.10 Å². The van der Waals surface area contributed by atoms with Crippen molar-refractivity contribution in [2.45, 2.75) is 0 Å². The predicted molar refractivity (Wildman–Crippen MR) is 40.6 cm³/mol. The van der Waals surface area contributed by atoms with Gasteiger partial charge in [-0.2, -0.15) is 0 Å². The van der Waals surface area contributed by atoms with Crippen molar-refractivity contribution in [3.8, 4) is 0 Å². The number of benzene rings is 1. The van der Waals surface area contributed by atoms with Gasteiger partial charge >= 0.3 is 0 Å². The lowest BCUT2D eigenvalue weighted by molar-refractivity contribution is 0.990. The molecule has 0 amide bonds. The molecule has 1 aromatic carbocycles. The van der Waals surface area contributed by atoms with E-state index in [2.05, 4.69) is 10.5 Å². The summed E-state index contributed by atoms with van der Waals surface area (Å²) in [5.41, 5.74) is 5.61. The van der Waals surface area contributed by atoms with Crippen molar-refractivity contribution in [3.05, 3.63) is 29.8 Å². The number of hydrogen-bond acceptors (Lipinski definition) is 1. The molecule has 0 aromatic heterocycles. The van der Waals surface area contributed by atoms with Crippen LogP contribution in [0.5, 0.6) is 0 Å². The molecule has 2 nitrogen and oxygen atoms in total. The van der Waals surface area contributed by atoms with Gasteiger partial charge in [0.25, 0.3) is 0 Å². The molecule has 1 aliphatic rings. The first-order valence-corrected chi connectivity index (χ1v) is 3.29. The van der Waals surface area contributed by atoms with E-state index >= 15 is 0 Å². The molecule has 2 rings (SSSR count). The van der Waals surface area contributed by atoms with E-state index in [-0.39, 0.29) is 0 Å². The minimum atomic E-state index is 0.482. The summed E-state index contributed by atoms with van der Waals surface area (Å²) in [5, 5.41) is 4.19. The maximum atomic E-state index is 5.70. The van der Waals surface area contributed by atoms with Gasteiger partial charge in [0.1, 0.15) is 0 Å². The van der Waals surface area contributed by atoms with Gasteiger partial charge in [0.05, 0.1) is 5.69 Å². The number of nitrogens with zero attached hydrogens (tertiary/aromatic N) is 2. The van der Waals surface area contributed by atoms with Crippen LogP contribution < -0.4 is 5.43 Å². The lowest BCUT2D eigenvalue weighted by Gasteiger charge is -1.91. The van der Waals surface area contributed by atoms with E-state index in [9.17, 15) is 0 Å². The van der Waals surface area contributed by atoms with E-state index in [4.69, 9.17) is 11.6 Å². The van der Waals surface area contributed by atoms with Crippen LogP contribution in [0.3, 0.4) is 0 Å². The molecule has 1 radical (unpaired) electrons. The zero-order chi connectivity index (χ0) is 6.97. The molecule has 0 saturated carbocycles. The summed E-state index contributed by atoms with van der Waals surface area (Å²) >= 11 is 5.70. The number of rotatable bonds is 0. The molecule has 0 bridgehead atoms. The highest BCUT2D eigenvalue weighted by atomic mass is 35.5. The van der Waals surface area contributed by atoms with E-state index in [0.717, 1.165) is 11.3 Å². The Hall–Kier alpha value is -1.02. The Morgan fingerprint density at radius 2 is 2.00 bits per heavy atom. The molecule has 10 heavy (non-hydrogen) atoms. The fraction of sp³-hybridized carbons (Fsp3) is 0. The predicted octanol–water partition coefficient (Wildman–Crippen LogP) is 1.84. The molecule has 0 unspecified atom stereocenters. The monoisotopic (exact) mass is 151 g/mol. The molecule has 0 spiro atoms. The van der Waals surface area contributed by atoms with Crippen molar-refractivity contribution in [1.82, 2.24) is 5.43 Å². The van der Waals surface area contributed by atoms with Gasteiger partial charge in [-0.1, -0.05) is 23.7 Å². The van der Waals surface area contributed by atoms with Crippen LogP contribution in [0, 0.1) is 0 Å². The molecule has 0 aliphatic carbocycles. The fourth-order valence-electron chi connectivity index (χ4n) is 0.887. The maximum absolute atomic E-state index is 5.70. The Bertz CT molecular complexity index is 293. The molecule has 3 heteroatoms. The fourth-order valence-corrected chi connectivity index (χ4v) is 1.08. The quantitative estimate of drug-likeness (QED) is 0.541. The maximum Gasteiger partial charge on any atom is 0.161 e. The molecule has 49 valence electrons. The van der Waals surface area contributed by atoms with Crippen LogP contribution in [0.2, 0.25) is 0 Å². The van der Waals surface area contributed by atoms with Crippen LogP contribution in [0.25, 0.3) is 0 Å². The van der Waals surface area contributed by atoms with Crippen LogP contribution in [0.4, 0.5) is 5.69 Å². The standard InChI is InChI=1S/C7H4ClN2/c8-7-5-3-1-2-4-6(5)9-10-7/h1-4H. The van der Waals surface area contributed by atoms with Crippen LogP contribution in [0.15, 0.2) is 29.4 Å². The average Bonchev–Trinajstić information content (AvgIpc) is 2.34. The van der Waals surface area contributed by atoms with E-state index in [1.54, 1.807) is 0 Å². The summed E-state index contributed by atoms with van der Waals surface area (Å²) < 4.78 is 0. The summed E-state index contributed by atoms with van der Waals surface area (Å²) in [7, 11) is 0. The number of fused-ring (bicyclic) bond motifs is 1. The smallest absolute Gasteiger partial charge is 0.149 e. The van der Waals surface area contributed by atoms with Crippen molar-refractivity contribution in [2.75, 3.05) is 0 Å². The Morgan fingerprint density at radius 1 is 1.20 bits per heavy atom. The highest BCUT2D eigenvalue weighted by Crippen LogP contribution is 2.22. The first-order valence-electron chi connectivity index (χ1n) is 2.91. The molecular formula is C7H4ClN2. The van der Waals surface area contributed by atoms with Gasteiger partial charge < -0.3 is 0 Å². The van der Waals surface area contributed by atoms with Crippen LogP contribution in [-0.2, 0) is 0 Å². The van der Waals surface area contributed by atoms with Gasteiger partial charge in [0, 0.05) is 5.56 Å². The summed E-state index contributed by atoms with van der Waals surface area (Å²) in [6.45, 7) is 0. The first kappa shape index (κ1) is 5.74. The van der Waals surface area contributed by atoms with Gasteiger partial charge in [-0.3, -0.25) is 0 Å². The lowest BCUT2D eigenvalue weighted by Crippen LogP contribution is -1.83. The van der Waals surface area contributed by atoms with Crippen LogP contribution in [0.1, 0.15) is 5.56 Å². The van der Waals surface area contributed by atoms with E-state index in [1.165, 1.54) is 0 Å². The zero-order valence-corrected chi connectivity index (χ0v) is 5.84. The SMILES string of the molecule is ClC1=N[N]c2ccccc21. The normalized spacial score (nSPS) is 13.9. The Morgan fingerprint density at radius 3 is 2.80 bits per heavy atom. The minimum absolute atomic E-state index is 0.482. The molecule has 0 fully saturated rings. The van der Waals surface area contributed by atoms with Crippen molar-refractivity contribution in [1.29, 1.82) is 0 Å². The highest BCUT2D eigenvalue weighted by molar-refractivity contribution is 6.70. The molecule has 0 N–H and O–H groups in total.